The maximum atomic E-state index is 11.0. The number of rotatable bonds is 7. The molecule has 0 saturated carbocycles. The Morgan fingerprint density at radius 3 is 2.64 bits per heavy atom. The van der Waals surface area contributed by atoms with Gasteiger partial charge in [0.2, 0.25) is 11.9 Å². The summed E-state index contributed by atoms with van der Waals surface area (Å²) in [6.45, 7) is 2.63. The Labute approximate surface area is 128 Å². The van der Waals surface area contributed by atoms with E-state index >= 15 is 0 Å². The molecule has 1 aromatic carbocycles. The lowest BCUT2D eigenvalue weighted by molar-refractivity contribution is -0.114. The number of nitrogens with one attached hydrogen (secondary N) is 3. The lowest BCUT2D eigenvalue weighted by Gasteiger charge is -2.08. The molecule has 2 rings (SSSR count). The lowest BCUT2D eigenvalue weighted by Crippen LogP contribution is -2.11. The zero-order valence-electron chi connectivity index (χ0n) is 12.5. The third-order valence-electron chi connectivity index (χ3n) is 2.63. The SMILES string of the molecule is COCCNc1nncc(Nc2ccc(NC(C)=O)cc2)n1. The second kappa shape index (κ2) is 7.89. The number of carbonyl (C=O) groups excluding carboxylic acids is 1. The smallest absolute Gasteiger partial charge is 0.244 e. The van der Waals surface area contributed by atoms with Crippen LogP contribution in [0.1, 0.15) is 6.92 Å². The molecule has 8 heteroatoms. The van der Waals surface area contributed by atoms with Crippen LogP contribution >= 0.6 is 0 Å². The molecule has 2 aromatic rings. The Bertz CT molecular complexity index is 617. The predicted molar refractivity (Wildman–Crippen MR) is 84.2 cm³/mol. The number of benzene rings is 1. The van der Waals surface area contributed by atoms with Gasteiger partial charge in [0.25, 0.3) is 0 Å². The van der Waals surface area contributed by atoms with Crippen molar-refractivity contribution in [2.24, 2.45) is 0 Å². The molecule has 22 heavy (non-hydrogen) atoms. The molecular weight excluding hydrogens is 284 g/mol. The topological polar surface area (TPSA) is 101 Å². The molecule has 0 saturated heterocycles. The molecule has 1 heterocycles. The minimum atomic E-state index is -0.104. The van der Waals surface area contributed by atoms with E-state index in [4.69, 9.17) is 4.74 Å². The van der Waals surface area contributed by atoms with Crippen molar-refractivity contribution in [1.82, 2.24) is 15.2 Å². The van der Waals surface area contributed by atoms with E-state index in [0.717, 1.165) is 11.4 Å². The van der Waals surface area contributed by atoms with Gasteiger partial charge in [-0.05, 0) is 24.3 Å². The molecule has 0 aliphatic carbocycles. The lowest BCUT2D eigenvalue weighted by atomic mass is 10.3. The normalized spacial score (nSPS) is 10.1. The van der Waals surface area contributed by atoms with Gasteiger partial charge in [0, 0.05) is 32.0 Å². The Morgan fingerprint density at radius 1 is 1.23 bits per heavy atom. The standard InChI is InChI=1S/C14H18N6O2/c1-10(21)17-11-3-5-12(6-4-11)18-13-9-16-20-14(19-13)15-7-8-22-2/h3-6,9H,7-8H2,1-2H3,(H,17,21)(H2,15,18,19,20). The highest BCUT2D eigenvalue weighted by Gasteiger charge is 2.01. The van der Waals surface area contributed by atoms with Gasteiger partial charge in [0.15, 0.2) is 5.82 Å². The fourth-order valence-corrected chi connectivity index (χ4v) is 1.69. The Hall–Kier alpha value is -2.74. The third kappa shape index (κ3) is 4.98. The van der Waals surface area contributed by atoms with Crippen LogP contribution in [-0.4, -0.2) is 41.3 Å². The molecule has 8 nitrogen and oxygen atoms in total. The van der Waals surface area contributed by atoms with Crippen LogP contribution in [0.25, 0.3) is 0 Å². The number of ether oxygens (including phenoxy) is 1. The Morgan fingerprint density at radius 2 is 1.95 bits per heavy atom. The molecule has 0 fully saturated rings. The van der Waals surface area contributed by atoms with E-state index in [-0.39, 0.29) is 5.91 Å². The maximum Gasteiger partial charge on any atom is 0.244 e. The highest BCUT2D eigenvalue weighted by molar-refractivity contribution is 5.88. The third-order valence-corrected chi connectivity index (χ3v) is 2.63. The van der Waals surface area contributed by atoms with Gasteiger partial charge in [-0.1, -0.05) is 0 Å². The predicted octanol–water partition coefficient (Wildman–Crippen LogP) is 1.63. The van der Waals surface area contributed by atoms with Crippen LogP contribution in [-0.2, 0) is 9.53 Å². The first-order chi connectivity index (χ1) is 10.7. The number of hydrogen-bond acceptors (Lipinski definition) is 7. The molecule has 0 aliphatic rings. The van der Waals surface area contributed by atoms with Gasteiger partial charge in [0.05, 0.1) is 12.8 Å². The van der Waals surface area contributed by atoms with Crippen molar-refractivity contribution in [2.45, 2.75) is 6.92 Å². The summed E-state index contributed by atoms with van der Waals surface area (Å²) in [7, 11) is 1.63. The fourth-order valence-electron chi connectivity index (χ4n) is 1.69. The maximum absolute atomic E-state index is 11.0. The molecule has 0 aliphatic heterocycles. The van der Waals surface area contributed by atoms with Crippen molar-refractivity contribution in [3.63, 3.8) is 0 Å². The van der Waals surface area contributed by atoms with Crippen molar-refractivity contribution in [1.29, 1.82) is 0 Å². The number of nitrogens with zero attached hydrogens (tertiary/aromatic N) is 3. The van der Waals surface area contributed by atoms with E-state index < -0.39 is 0 Å². The molecule has 0 atom stereocenters. The minimum Gasteiger partial charge on any atom is -0.383 e. The van der Waals surface area contributed by atoms with Crippen molar-refractivity contribution in [3.8, 4) is 0 Å². The summed E-state index contributed by atoms with van der Waals surface area (Å²) in [4.78, 5) is 15.3. The molecule has 0 unspecified atom stereocenters. The average Bonchev–Trinajstić information content (AvgIpc) is 2.49. The molecular formula is C14H18N6O2. The van der Waals surface area contributed by atoms with Crippen LogP contribution < -0.4 is 16.0 Å². The number of carbonyl (C=O) groups is 1. The summed E-state index contributed by atoms with van der Waals surface area (Å²) in [6.07, 6.45) is 1.53. The first-order valence-electron chi connectivity index (χ1n) is 6.74. The van der Waals surface area contributed by atoms with E-state index in [0.29, 0.717) is 24.9 Å². The van der Waals surface area contributed by atoms with Crippen LogP contribution in [0.2, 0.25) is 0 Å². The van der Waals surface area contributed by atoms with Crippen LogP contribution in [0.3, 0.4) is 0 Å². The number of anilines is 4. The summed E-state index contributed by atoms with van der Waals surface area (Å²) in [5.74, 6) is 0.895. The van der Waals surface area contributed by atoms with E-state index in [9.17, 15) is 4.79 Å². The van der Waals surface area contributed by atoms with Gasteiger partial charge >= 0.3 is 0 Å². The summed E-state index contributed by atoms with van der Waals surface area (Å²) in [6, 6.07) is 7.28. The first kappa shape index (κ1) is 15.6. The van der Waals surface area contributed by atoms with Gasteiger partial charge in [-0.3, -0.25) is 4.79 Å². The molecule has 1 aromatic heterocycles. The van der Waals surface area contributed by atoms with Gasteiger partial charge in [-0.2, -0.15) is 10.1 Å². The minimum absolute atomic E-state index is 0.104. The summed E-state index contributed by atoms with van der Waals surface area (Å²) < 4.78 is 4.94. The van der Waals surface area contributed by atoms with E-state index in [1.165, 1.54) is 13.1 Å². The average molecular weight is 302 g/mol. The van der Waals surface area contributed by atoms with E-state index in [1.54, 1.807) is 19.2 Å². The zero-order chi connectivity index (χ0) is 15.8. The van der Waals surface area contributed by atoms with Gasteiger partial charge in [-0.25, -0.2) is 0 Å². The molecule has 0 radical (unpaired) electrons. The summed E-state index contributed by atoms with van der Waals surface area (Å²) in [5.41, 5.74) is 1.57. The molecule has 0 spiro atoms. The second-order valence-corrected chi connectivity index (χ2v) is 4.47. The molecule has 116 valence electrons. The molecule has 0 bridgehead atoms. The fraction of sp³-hybridized carbons (Fsp3) is 0.286. The summed E-state index contributed by atoms with van der Waals surface area (Å²) in [5, 5.41) is 16.6. The van der Waals surface area contributed by atoms with Gasteiger partial charge < -0.3 is 20.7 Å². The van der Waals surface area contributed by atoms with Gasteiger partial charge in [0.1, 0.15) is 0 Å². The van der Waals surface area contributed by atoms with Gasteiger partial charge in [-0.15, -0.1) is 5.10 Å². The summed E-state index contributed by atoms with van der Waals surface area (Å²) >= 11 is 0. The van der Waals surface area contributed by atoms with Crippen LogP contribution in [0.4, 0.5) is 23.1 Å². The van der Waals surface area contributed by atoms with E-state index in [2.05, 4.69) is 31.1 Å². The highest BCUT2D eigenvalue weighted by atomic mass is 16.5. The van der Waals surface area contributed by atoms with Crippen molar-refractivity contribution >= 4 is 29.0 Å². The molecule has 1 amide bonds. The first-order valence-corrected chi connectivity index (χ1v) is 6.74. The number of methoxy groups -OCH3 is 1. The van der Waals surface area contributed by atoms with Crippen molar-refractivity contribution in [2.75, 3.05) is 36.2 Å². The zero-order valence-corrected chi connectivity index (χ0v) is 12.5. The molecule has 3 N–H and O–H groups in total. The number of amides is 1. The van der Waals surface area contributed by atoms with E-state index in [1.807, 2.05) is 12.1 Å². The largest absolute Gasteiger partial charge is 0.383 e. The number of aromatic nitrogens is 3. The van der Waals surface area contributed by atoms with Crippen molar-refractivity contribution in [3.05, 3.63) is 30.5 Å². The Balaban J connectivity index is 1.97. The second-order valence-electron chi connectivity index (χ2n) is 4.47. The van der Waals surface area contributed by atoms with Crippen LogP contribution in [0, 0.1) is 0 Å². The highest BCUT2D eigenvalue weighted by Crippen LogP contribution is 2.17. The monoisotopic (exact) mass is 302 g/mol. The Kier molecular flexibility index (Phi) is 5.61. The van der Waals surface area contributed by atoms with Crippen molar-refractivity contribution < 1.29 is 9.53 Å². The quantitative estimate of drug-likeness (QED) is 0.668. The van der Waals surface area contributed by atoms with Crippen LogP contribution in [0.15, 0.2) is 30.5 Å². The van der Waals surface area contributed by atoms with Crippen LogP contribution in [0.5, 0.6) is 0 Å². The number of hydrogen-bond donors (Lipinski definition) is 3.